The fourth-order valence-electron chi connectivity index (χ4n) is 5.30. The van der Waals surface area contributed by atoms with E-state index in [2.05, 4.69) is 33.9 Å². The molecule has 3 aromatic rings. The van der Waals surface area contributed by atoms with Crippen LogP contribution in [0.3, 0.4) is 0 Å². The van der Waals surface area contributed by atoms with Gasteiger partial charge in [0.2, 0.25) is 0 Å². The number of fused-ring (bicyclic) bond motifs is 1. The molecule has 200 valence electrons. The number of ether oxygens (including phenoxy) is 1. The number of hydrogen-bond donors (Lipinski definition) is 1. The third-order valence-electron chi connectivity index (χ3n) is 7.29. The van der Waals surface area contributed by atoms with Gasteiger partial charge in [0, 0.05) is 29.6 Å². The number of carboxylic acids is 1. The summed E-state index contributed by atoms with van der Waals surface area (Å²) in [7, 11) is 1.67. The van der Waals surface area contributed by atoms with Gasteiger partial charge in [-0.2, -0.15) is 0 Å². The number of benzene rings is 2. The van der Waals surface area contributed by atoms with E-state index in [-0.39, 0.29) is 6.42 Å². The Labute approximate surface area is 239 Å². The van der Waals surface area contributed by atoms with Gasteiger partial charge in [0.15, 0.2) is 0 Å². The van der Waals surface area contributed by atoms with Crippen LogP contribution in [0.1, 0.15) is 43.2 Å². The molecule has 1 fully saturated rings. The van der Waals surface area contributed by atoms with Crippen LogP contribution >= 0.6 is 34.8 Å². The maximum atomic E-state index is 11.3. The summed E-state index contributed by atoms with van der Waals surface area (Å²) in [5.41, 5.74) is 2.82. The van der Waals surface area contributed by atoms with Crippen molar-refractivity contribution in [3.63, 3.8) is 0 Å². The summed E-state index contributed by atoms with van der Waals surface area (Å²) in [4.78, 5) is 18.1. The Kier molecular flexibility index (Phi) is 10.2. The Morgan fingerprint density at radius 3 is 2.66 bits per heavy atom. The smallest absolute Gasteiger partial charge is 0.303 e. The maximum Gasteiger partial charge on any atom is 0.303 e. The molecule has 8 heteroatoms. The number of carbonyl (C=O) groups is 1. The van der Waals surface area contributed by atoms with E-state index in [4.69, 9.17) is 39.5 Å². The van der Waals surface area contributed by atoms with E-state index in [1.165, 1.54) is 5.56 Å². The van der Waals surface area contributed by atoms with E-state index < -0.39 is 5.97 Å². The lowest BCUT2D eigenvalue weighted by atomic mass is 9.79. The van der Waals surface area contributed by atoms with Crippen LogP contribution in [-0.2, 0) is 11.2 Å². The standard InChI is InChI=1S/C30H31Cl3N2O3/c1-38-24-8-9-29-26(18-24)21(11-13-34-29)5-2-4-20-12-15-35(19-22(20)7-10-30(36)37)14-3-6-25-27(32)16-23(31)17-28(25)33/h8-9,11,13,16-18,20,22H,2,4-5,7,10,12,14-15,19H2,1H3,(H,36,37)/t20-,22+/m1/s1. The summed E-state index contributed by atoms with van der Waals surface area (Å²) in [5, 5.41) is 11.8. The number of piperidine rings is 1. The highest BCUT2D eigenvalue weighted by molar-refractivity contribution is 6.39. The van der Waals surface area contributed by atoms with E-state index in [1.54, 1.807) is 19.2 Å². The van der Waals surface area contributed by atoms with Crippen molar-refractivity contribution in [2.24, 2.45) is 11.8 Å². The van der Waals surface area contributed by atoms with E-state index in [0.29, 0.717) is 45.4 Å². The Morgan fingerprint density at radius 2 is 1.92 bits per heavy atom. The molecule has 0 radical (unpaired) electrons. The molecular weight excluding hydrogens is 543 g/mol. The third-order valence-corrected chi connectivity index (χ3v) is 8.10. The molecule has 2 heterocycles. The molecule has 0 saturated carbocycles. The highest BCUT2D eigenvalue weighted by Gasteiger charge is 2.29. The summed E-state index contributed by atoms with van der Waals surface area (Å²) in [5.74, 6) is 7.17. The average Bonchev–Trinajstić information content (AvgIpc) is 2.89. The summed E-state index contributed by atoms with van der Waals surface area (Å²) < 4.78 is 5.41. The minimum absolute atomic E-state index is 0.186. The third kappa shape index (κ3) is 7.55. The van der Waals surface area contributed by atoms with Crippen LogP contribution in [0, 0.1) is 23.7 Å². The fourth-order valence-corrected chi connectivity index (χ4v) is 6.21. The molecule has 0 unspecified atom stereocenters. The lowest BCUT2D eigenvalue weighted by Gasteiger charge is -2.38. The molecule has 0 aliphatic carbocycles. The van der Waals surface area contributed by atoms with Gasteiger partial charge in [0.25, 0.3) is 0 Å². The number of methoxy groups -OCH3 is 1. The number of rotatable bonds is 9. The SMILES string of the molecule is COc1ccc2nccc(CCC[C@@H]3CCN(CC#Cc4c(Cl)cc(Cl)cc4Cl)C[C@@H]3CCC(=O)O)c2c1. The van der Waals surface area contributed by atoms with Gasteiger partial charge in [-0.1, -0.05) is 46.6 Å². The van der Waals surface area contributed by atoms with Crippen molar-refractivity contribution in [1.29, 1.82) is 0 Å². The molecule has 2 atom stereocenters. The number of nitrogens with zero attached hydrogens (tertiary/aromatic N) is 2. The van der Waals surface area contributed by atoms with Crippen LogP contribution in [0.15, 0.2) is 42.6 Å². The monoisotopic (exact) mass is 572 g/mol. The number of halogens is 3. The zero-order valence-corrected chi connectivity index (χ0v) is 23.6. The van der Waals surface area contributed by atoms with E-state index in [1.807, 2.05) is 18.3 Å². The normalized spacial score (nSPS) is 17.7. The topological polar surface area (TPSA) is 62.7 Å². The first kappa shape index (κ1) is 28.5. The van der Waals surface area contributed by atoms with Crippen LogP contribution < -0.4 is 4.74 Å². The maximum absolute atomic E-state index is 11.3. The fraction of sp³-hybridized carbons (Fsp3) is 0.400. The number of aryl methyl sites for hydroxylation is 1. The minimum Gasteiger partial charge on any atom is -0.497 e. The number of hydrogen-bond acceptors (Lipinski definition) is 4. The first-order chi connectivity index (χ1) is 18.3. The summed E-state index contributed by atoms with van der Waals surface area (Å²) in [6.45, 7) is 2.35. The van der Waals surface area contributed by atoms with E-state index >= 15 is 0 Å². The van der Waals surface area contributed by atoms with Crippen molar-refractivity contribution in [3.8, 4) is 17.6 Å². The molecule has 1 N–H and O–H groups in total. The number of aromatic nitrogens is 1. The molecule has 1 aliphatic heterocycles. The predicted molar refractivity (Wildman–Crippen MR) is 154 cm³/mol. The van der Waals surface area contributed by atoms with Gasteiger partial charge in [-0.25, -0.2) is 0 Å². The Hall–Kier alpha value is -2.49. The first-order valence-electron chi connectivity index (χ1n) is 12.8. The number of pyridine rings is 1. The summed E-state index contributed by atoms with van der Waals surface area (Å²) in [6, 6.07) is 11.3. The van der Waals surface area contributed by atoms with Gasteiger partial charge < -0.3 is 9.84 Å². The largest absolute Gasteiger partial charge is 0.497 e. The second-order valence-electron chi connectivity index (χ2n) is 9.77. The number of likely N-dealkylation sites (tertiary alicyclic amines) is 1. The molecule has 38 heavy (non-hydrogen) atoms. The molecular formula is C30H31Cl3N2O3. The average molecular weight is 574 g/mol. The van der Waals surface area contributed by atoms with Crippen molar-refractivity contribution in [2.75, 3.05) is 26.7 Å². The molecule has 0 bridgehead atoms. The van der Waals surface area contributed by atoms with Gasteiger partial charge in [0.05, 0.1) is 34.8 Å². The molecule has 1 aromatic heterocycles. The van der Waals surface area contributed by atoms with Crippen molar-refractivity contribution >= 4 is 51.7 Å². The van der Waals surface area contributed by atoms with Gasteiger partial charge >= 0.3 is 5.97 Å². The quantitative estimate of drug-likeness (QED) is 0.271. The van der Waals surface area contributed by atoms with Gasteiger partial charge in [-0.15, -0.1) is 0 Å². The van der Waals surface area contributed by atoms with Crippen LogP contribution in [0.4, 0.5) is 0 Å². The Morgan fingerprint density at radius 1 is 1.13 bits per heavy atom. The number of aliphatic carboxylic acids is 1. The van der Waals surface area contributed by atoms with Crippen LogP contribution in [0.25, 0.3) is 10.9 Å². The summed E-state index contributed by atoms with van der Waals surface area (Å²) >= 11 is 18.5. The van der Waals surface area contributed by atoms with Crippen molar-refractivity contribution in [2.45, 2.75) is 38.5 Å². The van der Waals surface area contributed by atoms with E-state index in [9.17, 15) is 9.90 Å². The summed E-state index contributed by atoms with van der Waals surface area (Å²) in [6.07, 6.45) is 6.81. The van der Waals surface area contributed by atoms with Crippen molar-refractivity contribution < 1.29 is 14.6 Å². The first-order valence-corrected chi connectivity index (χ1v) is 14.0. The van der Waals surface area contributed by atoms with Crippen LogP contribution in [0.5, 0.6) is 5.75 Å². The van der Waals surface area contributed by atoms with Gasteiger partial charge in [0.1, 0.15) is 5.75 Å². The van der Waals surface area contributed by atoms with Crippen LogP contribution in [-0.4, -0.2) is 47.7 Å². The highest BCUT2D eigenvalue weighted by atomic mass is 35.5. The minimum atomic E-state index is -0.745. The van der Waals surface area contributed by atoms with Crippen LogP contribution in [0.2, 0.25) is 15.1 Å². The van der Waals surface area contributed by atoms with Crippen molar-refractivity contribution in [3.05, 3.63) is 68.8 Å². The molecule has 5 nitrogen and oxygen atoms in total. The highest BCUT2D eigenvalue weighted by Crippen LogP contribution is 2.33. The molecule has 1 saturated heterocycles. The number of carboxylic acid groups (broad SMARTS) is 1. The molecule has 1 aliphatic rings. The lowest BCUT2D eigenvalue weighted by Crippen LogP contribution is -2.41. The zero-order valence-electron chi connectivity index (χ0n) is 21.4. The molecule has 4 rings (SSSR count). The van der Waals surface area contributed by atoms with Gasteiger partial charge in [-0.3, -0.25) is 14.7 Å². The molecule has 0 spiro atoms. The Balaban J connectivity index is 1.37. The van der Waals surface area contributed by atoms with Crippen molar-refractivity contribution in [1.82, 2.24) is 9.88 Å². The predicted octanol–water partition coefficient (Wildman–Crippen LogP) is 7.38. The second kappa shape index (κ2) is 13.5. The lowest BCUT2D eigenvalue weighted by molar-refractivity contribution is -0.137. The second-order valence-corrected chi connectivity index (χ2v) is 11.0. The Bertz CT molecular complexity index is 1330. The van der Waals surface area contributed by atoms with E-state index in [0.717, 1.165) is 55.4 Å². The molecule has 0 amide bonds. The van der Waals surface area contributed by atoms with Gasteiger partial charge in [-0.05, 0) is 92.4 Å². The molecule has 2 aromatic carbocycles. The zero-order chi connectivity index (χ0) is 27.1.